The summed E-state index contributed by atoms with van der Waals surface area (Å²) < 4.78 is 5.64. The summed E-state index contributed by atoms with van der Waals surface area (Å²) in [7, 11) is 0. The molecule has 5 heteroatoms. The molecule has 0 radical (unpaired) electrons. The van der Waals surface area contributed by atoms with Crippen LogP contribution in [0, 0.1) is 0 Å². The van der Waals surface area contributed by atoms with Crippen LogP contribution >= 0.6 is 11.6 Å². The van der Waals surface area contributed by atoms with Crippen LogP contribution in [-0.2, 0) is 13.1 Å². The normalized spacial score (nSPS) is 13.4. The molecule has 114 valence electrons. The smallest absolute Gasteiger partial charge is 0.150 e. The molecule has 0 spiro atoms. The minimum atomic E-state index is 0.552. The summed E-state index contributed by atoms with van der Waals surface area (Å²) in [6.07, 6.45) is 0. The lowest BCUT2D eigenvalue weighted by Crippen LogP contribution is -2.19. The molecular weight excluding hydrogens is 298 g/mol. The van der Waals surface area contributed by atoms with Crippen molar-refractivity contribution in [3.05, 3.63) is 70.2 Å². The molecule has 1 aliphatic heterocycles. The highest BCUT2D eigenvalue weighted by atomic mass is 35.5. The summed E-state index contributed by atoms with van der Waals surface area (Å²) in [5.41, 5.74) is 9.06. The van der Waals surface area contributed by atoms with Gasteiger partial charge in [-0.25, -0.2) is 0 Å². The quantitative estimate of drug-likeness (QED) is 0.807. The molecule has 2 aromatic rings. The molecule has 2 aromatic carbocycles. The van der Waals surface area contributed by atoms with Gasteiger partial charge in [-0.2, -0.15) is 0 Å². The minimum Gasteiger partial charge on any atom is -0.456 e. The highest BCUT2D eigenvalue weighted by Crippen LogP contribution is 2.31. The van der Waals surface area contributed by atoms with Gasteiger partial charge >= 0.3 is 0 Å². The van der Waals surface area contributed by atoms with Gasteiger partial charge in [0.1, 0.15) is 11.6 Å². The van der Waals surface area contributed by atoms with Crippen LogP contribution in [0.4, 0.5) is 5.69 Å². The van der Waals surface area contributed by atoms with Gasteiger partial charge < -0.3 is 21.1 Å². The van der Waals surface area contributed by atoms with Crippen molar-refractivity contribution >= 4 is 17.3 Å². The Labute approximate surface area is 134 Å². The standard InChI is InChI=1S/C17H18ClN3O/c1-11-17(19)21-15-8-13(5-6-16(15)22-11)10-20-9-12-3-2-4-14(18)7-12/h2-8,20-21H,9-10,19H2,1H3. The number of fused-ring (bicyclic) bond motifs is 1. The van der Waals surface area contributed by atoms with E-state index in [1.165, 1.54) is 0 Å². The molecule has 3 rings (SSSR count). The third-order valence-corrected chi connectivity index (χ3v) is 3.74. The van der Waals surface area contributed by atoms with E-state index < -0.39 is 0 Å². The first kappa shape index (κ1) is 14.8. The molecule has 4 nitrogen and oxygen atoms in total. The zero-order chi connectivity index (χ0) is 15.5. The number of nitrogens with two attached hydrogens (primary N) is 1. The minimum absolute atomic E-state index is 0.552. The van der Waals surface area contributed by atoms with Crippen LogP contribution in [0.5, 0.6) is 5.75 Å². The number of benzene rings is 2. The fourth-order valence-electron chi connectivity index (χ4n) is 2.32. The Morgan fingerprint density at radius 2 is 1.91 bits per heavy atom. The number of halogens is 1. The topological polar surface area (TPSA) is 59.3 Å². The fourth-order valence-corrected chi connectivity index (χ4v) is 2.54. The van der Waals surface area contributed by atoms with Crippen molar-refractivity contribution in [3.8, 4) is 5.75 Å². The number of anilines is 1. The fraction of sp³-hybridized carbons (Fsp3) is 0.176. The summed E-state index contributed by atoms with van der Waals surface area (Å²) in [5.74, 6) is 2.04. The van der Waals surface area contributed by atoms with Crippen molar-refractivity contribution in [1.82, 2.24) is 5.32 Å². The molecule has 0 fully saturated rings. The largest absolute Gasteiger partial charge is 0.456 e. The lowest BCUT2D eigenvalue weighted by molar-refractivity contribution is 0.415. The Morgan fingerprint density at radius 1 is 1.14 bits per heavy atom. The second kappa shape index (κ2) is 6.30. The van der Waals surface area contributed by atoms with Crippen molar-refractivity contribution in [2.24, 2.45) is 5.73 Å². The predicted molar refractivity (Wildman–Crippen MR) is 89.6 cm³/mol. The second-order valence-electron chi connectivity index (χ2n) is 5.26. The first-order valence-corrected chi connectivity index (χ1v) is 7.49. The van der Waals surface area contributed by atoms with Crippen LogP contribution in [0.2, 0.25) is 5.02 Å². The summed E-state index contributed by atoms with van der Waals surface area (Å²) in [5, 5.41) is 7.31. The monoisotopic (exact) mass is 315 g/mol. The number of ether oxygens (including phenoxy) is 1. The molecular formula is C17H18ClN3O. The Balaban J connectivity index is 1.62. The molecule has 0 bridgehead atoms. The third kappa shape index (κ3) is 3.35. The maximum atomic E-state index is 5.98. The molecule has 0 saturated heterocycles. The van der Waals surface area contributed by atoms with Crippen molar-refractivity contribution < 1.29 is 4.74 Å². The van der Waals surface area contributed by atoms with Gasteiger partial charge in [0.15, 0.2) is 5.75 Å². The first-order valence-electron chi connectivity index (χ1n) is 7.11. The van der Waals surface area contributed by atoms with Crippen LogP contribution in [-0.4, -0.2) is 0 Å². The van der Waals surface area contributed by atoms with E-state index in [-0.39, 0.29) is 0 Å². The summed E-state index contributed by atoms with van der Waals surface area (Å²) >= 11 is 5.98. The number of rotatable bonds is 4. The first-order chi connectivity index (χ1) is 10.6. The molecule has 0 atom stereocenters. The highest BCUT2D eigenvalue weighted by molar-refractivity contribution is 6.30. The summed E-state index contributed by atoms with van der Waals surface area (Å²) in [6, 6.07) is 13.9. The van der Waals surface area contributed by atoms with Gasteiger partial charge in [-0.1, -0.05) is 29.8 Å². The van der Waals surface area contributed by atoms with Crippen molar-refractivity contribution in [3.63, 3.8) is 0 Å². The van der Waals surface area contributed by atoms with E-state index in [0.29, 0.717) is 11.6 Å². The van der Waals surface area contributed by atoms with Gasteiger partial charge in [0.25, 0.3) is 0 Å². The number of hydrogen-bond acceptors (Lipinski definition) is 4. The average Bonchev–Trinajstić information content (AvgIpc) is 2.49. The summed E-state index contributed by atoms with van der Waals surface area (Å²) in [6.45, 7) is 3.36. The van der Waals surface area contributed by atoms with Gasteiger partial charge in [-0.05, 0) is 42.3 Å². The Bertz CT molecular complexity index is 728. The molecule has 0 amide bonds. The predicted octanol–water partition coefficient (Wildman–Crippen LogP) is 3.58. The molecule has 0 saturated carbocycles. The van der Waals surface area contributed by atoms with Crippen molar-refractivity contribution in [1.29, 1.82) is 0 Å². The molecule has 0 aliphatic carbocycles. The van der Waals surface area contributed by atoms with Crippen LogP contribution < -0.4 is 21.1 Å². The lowest BCUT2D eigenvalue weighted by Gasteiger charge is -2.21. The lowest BCUT2D eigenvalue weighted by atomic mass is 10.1. The van der Waals surface area contributed by atoms with Gasteiger partial charge in [0, 0.05) is 18.1 Å². The molecule has 1 heterocycles. The Morgan fingerprint density at radius 3 is 2.68 bits per heavy atom. The van der Waals surface area contributed by atoms with E-state index in [1.54, 1.807) is 0 Å². The van der Waals surface area contributed by atoms with Crippen molar-refractivity contribution in [2.45, 2.75) is 20.0 Å². The average molecular weight is 316 g/mol. The zero-order valence-corrected chi connectivity index (χ0v) is 13.1. The van der Waals surface area contributed by atoms with Crippen LogP contribution in [0.1, 0.15) is 18.1 Å². The molecule has 1 aliphatic rings. The van der Waals surface area contributed by atoms with E-state index in [4.69, 9.17) is 22.1 Å². The van der Waals surface area contributed by atoms with E-state index in [1.807, 2.05) is 43.3 Å². The molecule has 0 unspecified atom stereocenters. The highest BCUT2D eigenvalue weighted by Gasteiger charge is 2.14. The molecule has 4 N–H and O–H groups in total. The van der Waals surface area contributed by atoms with Gasteiger partial charge in [0.05, 0.1) is 5.69 Å². The van der Waals surface area contributed by atoms with Crippen LogP contribution in [0.25, 0.3) is 0 Å². The third-order valence-electron chi connectivity index (χ3n) is 3.50. The Kier molecular flexibility index (Phi) is 4.22. The maximum absolute atomic E-state index is 5.98. The Hall–Kier alpha value is -2.17. The number of hydrogen-bond donors (Lipinski definition) is 3. The van der Waals surface area contributed by atoms with E-state index in [2.05, 4.69) is 16.7 Å². The number of allylic oxidation sites excluding steroid dienone is 1. The SMILES string of the molecule is CC1=C(N)Nc2cc(CNCc3cccc(Cl)c3)ccc2O1. The summed E-state index contributed by atoms with van der Waals surface area (Å²) in [4.78, 5) is 0. The number of nitrogens with one attached hydrogen (secondary N) is 2. The van der Waals surface area contributed by atoms with Gasteiger partial charge in [0.2, 0.25) is 0 Å². The van der Waals surface area contributed by atoms with E-state index in [9.17, 15) is 0 Å². The van der Waals surface area contributed by atoms with Crippen LogP contribution in [0.3, 0.4) is 0 Å². The van der Waals surface area contributed by atoms with E-state index >= 15 is 0 Å². The van der Waals surface area contributed by atoms with Gasteiger partial charge in [-0.3, -0.25) is 0 Å². The molecule has 0 aromatic heterocycles. The van der Waals surface area contributed by atoms with Crippen molar-refractivity contribution in [2.75, 3.05) is 5.32 Å². The van der Waals surface area contributed by atoms with Crippen LogP contribution in [0.15, 0.2) is 54.0 Å². The zero-order valence-electron chi connectivity index (χ0n) is 12.3. The molecule has 22 heavy (non-hydrogen) atoms. The van der Waals surface area contributed by atoms with Gasteiger partial charge in [-0.15, -0.1) is 0 Å². The second-order valence-corrected chi connectivity index (χ2v) is 5.70. The van der Waals surface area contributed by atoms with E-state index in [0.717, 1.165) is 40.7 Å². The maximum Gasteiger partial charge on any atom is 0.150 e.